The lowest BCUT2D eigenvalue weighted by molar-refractivity contribution is -0.132. The zero-order valence-corrected chi connectivity index (χ0v) is 8.03. The van der Waals surface area contributed by atoms with E-state index in [4.69, 9.17) is 5.73 Å². The lowest BCUT2D eigenvalue weighted by Crippen LogP contribution is -2.34. The lowest BCUT2D eigenvalue weighted by Gasteiger charge is -2.13. The fraction of sp³-hybridized carbons (Fsp3) is 0.250. The number of fused-ring (bicyclic) bond motifs is 1. The fourth-order valence-electron chi connectivity index (χ4n) is 1.31. The number of aliphatic hydroxyl groups is 2. The SMILES string of the molecule is NC(=O)C(O)C(O)c1ncnc2nc[nH]c12. The highest BCUT2D eigenvalue weighted by Crippen LogP contribution is 2.20. The second kappa shape index (κ2) is 3.83. The van der Waals surface area contributed by atoms with Crippen molar-refractivity contribution in [1.29, 1.82) is 0 Å². The molecule has 0 fully saturated rings. The second-order valence-corrected chi connectivity index (χ2v) is 3.15. The zero-order chi connectivity index (χ0) is 11.7. The number of carbonyl (C=O) groups is 1. The molecule has 0 aliphatic heterocycles. The van der Waals surface area contributed by atoms with Crippen LogP contribution in [0.1, 0.15) is 11.8 Å². The molecule has 1 amide bonds. The summed E-state index contributed by atoms with van der Waals surface area (Å²) in [5, 5.41) is 19.0. The van der Waals surface area contributed by atoms with Gasteiger partial charge in [-0.1, -0.05) is 0 Å². The number of nitrogens with two attached hydrogens (primary N) is 1. The van der Waals surface area contributed by atoms with Crippen molar-refractivity contribution < 1.29 is 15.0 Å². The number of hydrogen-bond acceptors (Lipinski definition) is 6. The van der Waals surface area contributed by atoms with Gasteiger partial charge < -0.3 is 20.9 Å². The Morgan fingerprint density at radius 1 is 1.38 bits per heavy atom. The normalized spacial score (nSPS) is 14.9. The van der Waals surface area contributed by atoms with E-state index in [1.54, 1.807) is 0 Å². The highest BCUT2D eigenvalue weighted by Gasteiger charge is 2.27. The molecule has 0 saturated heterocycles. The van der Waals surface area contributed by atoms with E-state index in [9.17, 15) is 15.0 Å². The predicted octanol–water partition coefficient (Wildman–Crippen LogP) is -1.77. The predicted molar refractivity (Wildman–Crippen MR) is 51.8 cm³/mol. The summed E-state index contributed by atoms with van der Waals surface area (Å²) >= 11 is 0. The highest BCUT2D eigenvalue weighted by atomic mass is 16.3. The Hall–Kier alpha value is -2.06. The van der Waals surface area contributed by atoms with Gasteiger partial charge in [0.25, 0.3) is 0 Å². The van der Waals surface area contributed by atoms with Crippen molar-refractivity contribution in [3.63, 3.8) is 0 Å². The van der Waals surface area contributed by atoms with Crippen LogP contribution in [0.2, 0.25) is 0 Å². The molecule has 0 aliphatic rings. The average Bonchev–Trinajstić information content (AvgIpc) is 2.74. The van der Waals surface area contributed by atoms with E-state index in [-0.39, 0.29) is 5.69 Å². The van der Waals surface area contributed by atoms with Gasteiger partial charge in [-0.15, -0.1) is 0 Å². The molecule has 0 bridgehead atoms. The quantitative estimate of drug-likeness (QED) is 0.486. The van der Waals surface area contributed by atoms with Gasteiger partial charge in [0.15, 0.2) is 11.8 Å². The van der Waals surface area contributed by atoms with Crippen LogP contribution in [-0.2, 0) is 4.79 Å². The topological polar surface area (TPSA) is 138 Å². The van der Waals surface area contributed by atoms with Crippen LogP contribution in [0.15, 0.2) is 12.7 Å². The summed E-state index contributed by atoms with van der Waals surface area (Å²) in [4.78, 5) is 24.9. The van der Waals surface area contributed by atoms with Gasteiger partial charge in [-0.2, -0.15) is 0 Å². The molecule has 16 heavy (non-hydrogen) atoms. The first-order valence-electron chi connectivity index (χ1n) is 4.40. The van der Waals surface area contributed by atoms with Gasteiger partial charge in [0.05, 0.1) is 6.33 Å². The van der Waals surface area contributed by atoms with E-state index in [1.807, 2.05) is 0 Å². The van der Waals surface area contributed by atoms with E-state index in [2.05, 4.69) is 19.9 Å². The van der Waals surface area contributed by atoms with Gasteiger partial charge in [0.1, 0.15) is 23.6 Å². The summed E-state index contributed by atoms with van der Waals surface area (Å²) in [6, 6.07) is 0. The number of nitrogens with zero attached hydrogens (tertiary/aromatic N) is 3. The summed E-state index contributed by atoms with van der Waals surface area (Å²) < 4.78 is 0. The third-order valence-electron chi connectivity index (χ3n) is 2.12. The molecule has 84 valence electrons. The van der Waals surface area contributed by atoms with Crippen molar-refractivity contribution >= 4 is 17.1 Å². The Morgan fingerprint density at radius 2 is 2.12 bits per heavy atom. The number of aliphatic hydroxyl groups excluding tert-OH is 2. The first-order valence-corrected chi connectivity index (χ1v) is 4.40. The number of amides is 1. The number of nitrogens with one attached hydrogen (secondary N) is 1. The summed E-state index contributed by atoms with van der Waals surface area (Å²) in [7, 11) is 0. The molecule has 2 unspecified atom stereocenters. The molecule has 8 heteroatoms. The Morgan fingerprint density at radius 3 is 2.81 bits per heavy atom. The molecule has 2 heterocycles. The van der Waals surface area contributed by atoms with Crippen LogP contribution in [-0.4, -0.2) is 42.2 Å². The first-order chi connectivity index (χ1) is 7.61. The van der Waals surface area contributed by atoms with Crippen LogP contribution in [0, 0.1) is 0 Å². The third-order valence-corrected chi connectivity index (χ3v) is 2.12. The molecule has 0 saturated carbocycles. The number of hydrogen-bond donors (Lipinski definition) is 4. The summed E-state index contributed by atoms with van der Waals surface area (Å²) in [6.45, 7) is 0. The number of rotatable bonds is 3. The molecule has 8 nitrogen and oxygen atoms in total. The van der Waals surface area contributed by atoms with E-state index in [0.717, 1.165) is 0 Å². The van der Waals surface area contributed by atoms with Crippen molar-refractivity contribution in [2.75, 3.05) is 0 Å². The van der Waals surface area contributed by atoms with Crippen molar-refractivity contribution in [2.24, 2.45) is 5.73 Å². The number of aromatic nitrogens is 4. The maximum absolute atomic E-state index is 10.7. The van der Waals surface area contributed by atoms with E-state index >= 15 is 0 Å². The van der Waals surface area contributed by atoms with Gasteiger partial charge in [-0.25, -0.2) is 15.0 Å². The number of imidazole rings is 1. The van der Waals surface area contributed by atoms with Crippen LogP contribution in [0.4, 0.5) is 0 Å². The van der Waals surface area contributed by atoms with E-state index < -0.39 is 18.1 Å². The summed E-state index contributed by atoms with van der Waals surface area (Å²) in [5.41, 5.74) is 5.64. The van der Waals surface area contributed by atoms with Gasteiger partial charge in [0, 0.05) is 0 Å². The van der Waals surface area contributed by atoms with Crippen LogP contribution in [0.25, 0.3) is 11.2 Å². The average molecular weight is 223 g/mol. The van der Waals surface area contributed by atoms with E-state index in [1.165, 1.54) is 12.7 Å². The van der Waals surface area contributed by atoms with Crippen LogP contribution in [0.5, 0.6) is 0 Å². The van der Waals surface area contributed by atoms with Gasteiger partial charge in [0.2, 0.25) is 5.91 Å². The van der Waals surface area contributed by atoms with Crippen molar-refractivity contribution in [3.05, 3.63) is 18.3 Å². The Balaban J connectivity index is 2.46. The van der Waals surface area contributed by atoms with Crippen molar-refractivity contribution in [3.8, 4) is 0 Å². The van der Waals surface area contributed by atoms with Gasteiger partial charge in [-0.3, -0.25) is 4.79 Å². The molecule has 2 aromatic rings. The van der Waals surface area contributed by atoms with Crippen molar-refractivity contribution in [2.45, 2.75) is 12.2 Å². The monoisotopic (exact) mass is 223 g/mol. The minimum Gasteiger partial charge on any atom is -0.383 e. The fourth-order valence-corrected chi connectivity index (χ4v) is 1.31. The molecule has 2 aromatic heterocycles. The maximum Gasteiger partial charge on any atom is 0.249 e. The Labute approximate surface area is 89.2 Å². The third kappa shape index (κ3) is 1.59. The Bertz CT molecular complexity index is 525. The van der Waals surface area contributed by atoms with Crippen molar-refractivity contribution in [1.82, 2.24) is 19.9 Å². The maximum atomic E-state index is 10.7. The van der Waals surface area contributed by atoms with Crippen LogP contribution >= 0.6 is 0 Å². The molecular formula is C8H9N5O3. The minimum absolute atomic E-state index is 0.0776. The first kappa shape index (κ1) is 10.5. The molecule has 2 rings (SSSR count). The number of primary amides is 1. The molecule has 2 atom stereocenters. The zero-order valence-electron chi connectivity index (χ0n) is 8.03. The molecule has 0 aliphatic carbocycles. The smallest absolute Gasteiger partial charge is 0.249 e. The van der Waals surface area contributed by atoms with Crippen LogP contribution < -0.4 is 5.73 Å². The largest absolute Gasteiger partial charge is 0.383 e. The van der Waals surface area contributed by atoms with Gasteiger partial charge in [-0.05, 0) is 0 Å². The number of H-pyrrole nitrogens is 1. The standard InChI is InChI=1S/C8H9N5O3/c9-7(16)6(15)5(14)3-4-8(12-1-10-3)13-2-11-4/h1-2,5-6,14-15H,(H2,9,16)(H,10,11,12,13). The lowest BCUT2D eigenvalue weighted by atomic mass is 10.1. The molecular weight excluding hydrogens is 214 g/mol. The number of carbonyl (C=O) groups excluding carboxylic acids is 1. The minimum atomic E-state index is -1.72. The molecule has 0 spiro atoms. The van der Waals surface area contributed by atoms with Gasteiger partial charge >= 0.3 is 0 Å². The highest BCUT2D eigenvalue weighted by molar-refractivity contribution is 5.81. The molecule has 0 radical (unpaired) electrons. The molecule has 0 aromatic carbocycles. The Kier molecular flexibility index (Phi) is 2.50. The summed E-state index contributed by atoms with van der Waals surface area (Å²) in [5.74, 6) is -1.03. The summed E-state index contributed by atoms with van der Waals surface area (Å²) in [6.07, 6.45) is -0.688. The van der Waals surface area contributed by atoms with Crippen LogP contribution in [0.3, 0.4) is 0 Å². The van der Waals surface area contributed by atoms with E-state index in [0.29, 0.717) is 11.2 Å². The second-order valence-electron chi connectivity index (χ2n) is 3.15. The number of aromatic amines is 1. The molecule has 5 N–H and O–H groups in total.